The first kappa shape index (κ1) is 14.5. The number of carboxylic acids is 1. The lowest BCUT2D eigenvalue weighted by atomic mass is 9.82. The zero-order chi connectivity index (χ0) is 14.8. The van der Waals surface area contributed by atoms with E-state index in [2.05, 4.69) is 22.2 Å². The average Bonchev–Trinajstić information content (AvgIpc) is 2.46. The van der Waals surface area contributed by atoms with Crippen LogP contribution in [-0.2, 0) is 6.54 Å². The van der Waals surface area contributed by atoms with Crippen molar-refractivity contribution in [1.82, 2.24) is 15.2 Å². The van der Waals surface area contributed by atoms with Crippen LogP contribution in [0, 0.1) is 0 Å². The highest BCUT2D eigenvalue weighted by Gasteiger charge is 2.35. The van der Waals surface area contributed by atoms with Gasteiger partial charge in [0.25, 0.3) is 0 Å². The maximum Gasteiger partial charge on any atom is 0.354 e. The van der Waals surface area contributed by atoms with Gasteiger partial charge in [0.1, 0.15) is 5.69 Å². The summed E-state index contributed by atoms with van der Waals surface area (Å²) in [4.78, 5) is 17.7. The molecule has 2 unspecified atom stereocenters. The molecule has 1 aromatic rings. The first-order valence-corrected chi connectivity index (χ1v) is 7.78. The first-order valence-electron chi connectivity index (χ1n) is 7.78. The van der Waals surface area contributed by atoms with Crippen molar-refractivity contribution in [3.63, 3.8) is 0 Å². The van der Waals surface area contributed by atoms with Crippen LogP contribution in [0.5, 0.6) is 0 Å². The van der Waals surface area contributed by atoms with E-state index in [9.17, 15) is 4.79 Å². The Morgan fingerprint density at radius 3 is 2.76 bits per heavy atom. The largest absolute Gasteiger partial charge is 0.477 e. The lowest BCUT2D eigenvalue weighted by Gasteiger charge is -2.47. The molecule has 5 nitrogen and oxygen atoms in total. The topological polar surface area (TPSA) is 65.5 Å². The van der Waals surface area contributed by atoms with Gasteiger partial charge in [0.05, 0.1) is 5.69 Å². The Kier molecular flexibility index (Phi) is 4.22. The number of carboxylic acid groups (broad SMARTS) is 1. The van der Waals surface area contributed by atoms with Gasteiger partial charge in [0.2, 0.25) is 0 Å². The minimum atomic E-state index is -0.967. The van der Waals surface area contributed by atoms with E-state index in [0.29, 0.717) is 24.7 Å². The molecule has 0 amide bonds. The standard InChI is InChI=1S/C16H23N3O2/c1-19-13-5-3-6-14(19)9-12(8-13)17-10-11-4-2-7-15(18-11)16(20)21/h2,4,7,12-14,17H,3,5-6,8-10H2,1H3,(H,20,21). The molecule has 0 spiro atoms. The molecular weight excluding hydrogens is 266 g/mol. The van der Waals surface area contributed by atoms with E-state index in [1.165, 1.54) is 38.2 Å². The van der Waals surface area contributed by atoms with Gasteiger partial charge in [-0.1, -0.05) is 12.5 Å². The van der Waals surface area contributed by atoms with Crippen molar-refractivity contribution < 1.29 is 9.90 Å². The predicted molar refractivity (Wildman–Crippen MR) is 80.2 cm³/mol. The molecule has 2 saturated heterocycles. The molecule has 2 fully saturated rings. The number of hydrogen-bond donors (Lipinski definition) is 2. The number of nitrogens with zero attached hydrogens (tertiary/aromatic N) is 2. The molecule has 2 N–H and O–H groups in total. The van der Waals surface area contributed by atoms with Crippen LogP contribution in [-0.4, -0.2) is 46.1 Å². The van der Waals surface area contributed by atoms with Crippen molar-refractivity contribution in [3.8, 4) is 0 Å². The van der Waals surface area contributed by atoms with Crippen molar-refractivity contribution in [2.45, 2.75) is 56.8 Å². The van der Waals surface area contributed by atoms with Crippen molar-refractivity contribution in [3.05, 3.63) is 29.6 Å². The van der Waals surface area contributed by atoms with Crippen LogP contribution in [0.4, 0.5) is 0 Å². The van der Waals surface area contributed by atoms with Crippen LogP contribution in [0.15, 0.2) is 18.2 Å². The molecule has 2 aliphatic rings. The van der Waals surface area contributed by atoms with Crippen LogP contribution in [0.25, 0.3) is 0 Å². The molecule has 5 heteroatoms. The van der Waals surface area contributed by atoms with E-state index < -0.39 is 5.97 Å². The Morgan fingerprint density at radius 2 is 2.10 bits per heavy atom. The van der Waals surface area contributed by atoms with Crippen molar-refractivity contribution in [2.75, 3.05) is 7.05 Å². The van der Waals surface area contributed by atoms with Crippen LogP contribution >= 0.6 is 0 Å². The normalized spacial score (nSPS) is 29.3. The number of nitrogens with one attached hydrogen (secondary N) is 1. The summed E-state index contributed by atoms with van der Waals surface area (Å²) < 4.78 is 0. The van der Waals surface area contributed by atoms with Gasteiger partial charge in [-0.2, -0.15) is 0 Å². The number of pyridine rings is 1. The van der Waals surface area contributed by atoms with Crippen molar-refractivity contribution in [2.24, 2.45) is 0 Å². The van der Waals surface area contributed by atoms with E-state index in [1.807, 2.05) is 6.07 Å². The molecule has 0 aliphatic carbocycles. The zero-order valence-electron chi connectivity index (χ0n) is 12.5. The summed E-state index contributed by atoms with van der Waals surface area (Å²) in [7, 11) is 2.25. The Hall–Kier alpha value is -1.46. The summed E-state index contributed by atoms with van der Waals surface area (Å²) in [5, 5.41) is 12.5. The van der Waals surface area contributed by atoms with Gasteiger partial charge in [-0.05, 0) is 44.9 Å². The highest BCUT2D eigenvalue weighted by molar-refractivity contribution is 5.85. The van der Waals surface area contributed by atoms with E-state index in [4.69, 9.17) is 5.11 Å². The average molecular weight is 289 g/mol. The molecule has 3 rings (SSSR count). The Morgan fingerprint density at radius 1 is 1.38 bits per heavy atom. The molecule has 2 bridgehead atoms. The van der Waals surface area contributed by atoms with Gasteiger partial charge < -0.3 is 15.3 Å². The molecule has 1 aromatic heterocycles. The third-order valence-corrected chi connectivity index (χ3v) is 4.94. The fourth-order valence-electron chi connectivity index (χ4n) is 3.73. The molecule has 0 radical (unpaired) electrons. The van der Waals surface area contributed by atoms with E-state index in [1.54, 1.807) is 6.07 Å². The molecular formula is C16H23N3O2. The molecule has 21 heavy (non-hydrogen) atoms. The SMILES string of the molecule is CN1C2CCCC1CC(NCc1cccc(C(=O)O)n1)C2. The second kappa shape index (κ2) is 6.12. The second-order valence-electron chi connectivity index (χ2n) is 6.27. The van der Waals surface area contributed by atoms with Crippen LogP contribution < -0.4 is 5.32 Å². The Balaban J connectivity index is 1.58. The smallest absolute Gasteiger partial charge is 0.354 e. The van der Waals surface area contributed by atoms with Gasteiger partial charge in [-0.15, -0.1) is 0 Å². The lowest BCUT2D eigenvalue weighted by molar-refractivity contribution is 0.0481. The molecule has 2 aliphatic heterocycles. The highest BCUT2D eigenvalue weighted by Crippen LogP contribution is 2.32. The van der Waals surface area contributed by atoms with Crippen molar-refractivity contribution in [1.29, 1.82) is 0 Å². The van der Waals surface area contributed by atoms with Crippen LogP contribution in [0.3, 0.4) is 0 Å². The Bertz CT molecular complexity index is 506. The van der Waals surface area contributed by atoms with Gasteiger partial charge in [-0.25, -0.2) is 9.78 Å². The number of rotatable bonds is 4. The first-order chi connectivity index (χ1) is 10.1. The number of aromatic carboxylic acids is 1. The highest BCUT2D eigenvalue weighted by atomic mass is 16.4. The third kappa shape index (κ3) is 3.24. The fraction of sp³-hybridized carbons (Fsp3) is 0.625. The summed E-state index contributed by atoms with van der Waals surface area (Å²) in [6.45, 7) is 0.648. The molecule has 3 heterocycles. The summed E-state index contributed by atoms with van der Waals surface area (Å²) in [6.07, 6.45) is 6.34. The van der Waals surface area contributed by atoms with E-state index in [-0.39, 0.29) is 5.69 Å². The Labute approximate surface area is 125 Å². The fourth-order valence-corrected chi connectivity index (χ4v) is 3.73. The zero-order valence-corrected chi connectivity index (χ0v) is 12.5. The van der Waals surface area contributed by atoms with Crippen LogP contribution in [0.1, 0.15) is 48.3 Å². The maximum absolute atomic E-state index is 10.9. The van der Waals surface area contributed by atoms with Gasteiger partial charge in [0.15, 0.2) is 0 Å². The number of piperidine rings is 2. The maximum atomic E-state index is 10.9. The molecule has 114 valence electrons. The predicted octanol–water partition coefficient (Wildman–Crippen LogP) is 1.88. The summed E-state index contributed by atoms with van der Waals surface area (Å²) in [5.74, 6) is -0.967. The number of fused-ring (bicyclic) bond motifs is 2. The van der Waals surface area contributed by atoms with E-state index >= 15 is 0 Å². The monoisotopic (exact) mass is 289 g/mol. The summed E-state index contributed by atoms with van der Waals surface area (Å²) in [5.41, 5.74) is 0.925. The van der Waals surface area contributed by atoms with E-state index in [0.717, 1.165) is 5.69 Å². The molecule has 2 atom stereocenters. The minimum absolute atomic E-state index is 0.120. The molecule has 0 aromatic carbocycles. The molecule has 0 saturated carbocycles. The third-order valence-electron chi connectivity index (χ3n) is 4.94. The van der Waals surface area contributed by atoms with Gasteiger partial charge in [-0.3, -0.25) is 0 Å². The van der Waals surface area contributed by atoms with Gasteiger partial charge in [0, 0.05) is 24.7 Å². The second-order valence-corrected chi connectivity index (χ2v) is 6.27. The summed E-state index contributed by atoms with van der Waals surface area (Å²) in [6, 6.07) is 7.10. The lowest BCUT2D eigenvalue weighted by Crippen LogP contribution is -2.54. The number of hydrogen-bond acceptors (Lipinski definition) is 4. The summed E-state index contributed by atoms with van der Waals surface area (Å²) >= 11 is 0. The number of aromatic nitrogens is 1. The number of carbonyl (C=O) groups is 1. The van der Waals surface area contributed by atoms with Crippen LogP contribution in [0.2, 0.25) is 0 Å². The van der Waals surface area contributed by atoms with Gasteiger partial charge >= 0.3 is 5.97 Å². The minimum Gasteiger partial charge on any atom is -0.477 e. The quantitative estimate of drug-likeness (QED) is 0.886. The van der Waals surface area contributed by atoms with Crippen molar-refractivity contribution >= 4 is 5.97 Å².